The molecule has 0 aliphatic carbocycles. The Hall–Kier alpha value is -1.83. The third-order valence-electron chi connectivity index (χ3n) is 2.43. The molecule has 0 saturated heterocycles. The van der Waals surface area contributed by atoms with E-state index in [0.717, 1.165) is 5.56 Å². The van der Waals surface area contributed by atoms with E-state index >= 15 is 0 Å². The summed E-state index contributed by atoms with van der Waals surface area (Å²) >= 11 is 0. The molecule has 1 aromatic carbocycles. The van der Waals surface area contributed by atoms with Crippen molar-refractivity contribution in [3.8, 4) is 0 Å². The number of nitrogens with zero attached hydrogens (tertiary/aromatic N) is 1. The predicted octanol–water partition coefficient (Wildman–Crippen LogP) is 3.28. The van der Waals surface area contributed by atoms with Gasteiger partial charge in [-0.1, -0.05) is 42.5 Å². The first-order valence-corrected chi connectivity index (χ1v) is 5.86. The van der Waals surface area contributed by atoms with Gasteiger partial charge >= 0.3 is 0 Å². The van der Waals surface area contributed by atoms with Gasteiger partial charge in [-0.15, -0.1) is 0 Å². The van der Waals surface area contributed by atoms with Crippen LogP contribution in [0.3, 0.4) is 0 Å². The first kappa shape index (κ1) is 13.2. The van der Waals surface area contributed by atoms with Crippen molar-refractivity contribution in [3.05, 3.63) is 60.2 Å². The normalized spacial score (nSPS) is 11.2. The topological polar surface area (TPSA) is 20.3 Å². The zero-order valence-electron chi connectivity index (χ0n) is 10.5. The van der Waals surface area contributed by atoms with Gasteiger partial charge < -0.3 is 4.90 Å². The lowest BCUT2D eigenvalue weighted by Crippen LogP contribution is -2.31. The van der Waals surface area contributed by atoms with E-state index in [1.54, 1.807) is 0 Å². The van der Waals surface area contributed by atoms with Crippen LogP contribution >= 0.6 is 0 Å². The highest BCUT2D eigenvalue weighted by molar-refractivity contribution is 5.94. The fourth-order valence-corrected chi connectivity index (χ4v) is 1.47. The summed E-state index contributed by atoms with van der Waals surface area (Å²) in [6.45, 7) is 5.21. The average Bonchev–Trinajstić information content (AvgIpc) is 2.39. The molecule has 0 aliphatic heterocycles. The minimum atomic E-state index is 0.0711. The summed E-state index contributed by atoms with van der Waals surface area (Å²) in [6.07, 6.45) is 7.90. The van der Waals surface area contributed by atoms with Crippen LogP contribution in [0.2, 0.25) is 0 Å². The van der Waals surface area contributed by atoms with E-state index in [1.807, 2.05) is 73.4 Å². The van der Waals surface area contributed by atoms with E-state index < -0.39 is 0 Å². The van der Waals surface area contributed by atoms with E-state index in [1.165, 1.54) is 0 Å². The number of allylic oxidation sites excluding steroid dienone is 2. The highest BCUT2D eigenvalue weighted by Gasteiger charge is 2.12. The van der Waals surface area contributed by atoms with Crippen LogP contribution in [0.25, 0.3) is 0 Å². The van der Waals surface area contributed by atoms with E-state index in [4.69, 9.17) is 0 Å². The molecule has 0 heterocycles. The number of hydrogen-bond acceptors (Lipinski definition) is 1. The average molecular weight is 229 g/mol. The van der Waals surface area contributed by atoms with Crippen molar-refractivity contribution < 1.29 is 4.79 Å². The van der Waals surface area contributed by atoms with Crippen molar-refractivity contribution in [2.75, 3.05) is 13.1 Å². The molecule has 0 fully saturated rings. The van der Waals surface area contributed by atoms with Crippen molar-refractivity contribution >= 4 is 5.91 Å². The van der Waals surface area contributed by atoms with E-state index in [9.17, 15) is 4.79 Å². The standard InChI is InChI=1S/C15H19NO/c1-3-5-12-16(13-6-4-2)15(17)14-10-8-7-9-11-14/h3-11H,12-13H2,1-2H3. The molecule has 0 aliphatic rings. The molecular formula is C15H19NO. The van der Waals surface area contributed by atoms with Crippen LogP contribution in [-0.2, 0) is 0 Å². The first-order chi connectivity index (χ1) is 8.29. The summed E-state index contributed by atoms with van der Waals surface area (Å²) in [4.78, 5) is 14.0. The fraction of sp³-hybridized carbons (Fsp3) is 0.267. The molecule has 1 aromatic rings. The minimum Gasteiger partial charge on any atom is -0.331 e. The molecule has 0 saturated carbocycles. The summed E-state index contributed by atoms with van der Waals surface area (Å²) in [5.41, 5.74) is 0.738. The third kappa shape index (κ3) is 4.27. The van der Waals surface area contributed by atoms with Crippen molar-refractivity contribution in [1.82, 2.24) is 4.90 Å². The van der Waals surface area contributed by atoms with Crippen molar-refractivity contribution in [2.24, 2.45) is 0 Å². The van der Waals surface area contributed by atoms with Crippen molar-refractivity contribution in [1.29, 1.82) is 0 Å². The van der Waals surface area contributed by atoms with Gasteiger partial charge in [0, 0.05) is 18.7 Å². The van der Waals surface area contributed by atoms with Gasteiger partial charge in [0.25, 0.3) is 5.91 Å². The Morgan fingerprint density at radius 3 is 2.06 bits per heavy atom. The van der Waals surface area contributed by atoms with Crippen LogP contribution in [0.4, 0.5) is 0 Å². The second kappa shape index (κ2) is 7.44. The largest absolute Gasteiger partial charge is 0.331 e. The number of amides is 1. The van der Waals surface area contributed by atoms with Crippen LogP contribution in [0.1, 0.15) is 24.2 Å². The molecule has 0 atom stereocenters. The number of hydrogen-bond donors (Lipinski definition) is 0. The van der Waals surface area contributed by atoms with Gasteiger partial charge in [-0.25, -0.2) is 0 Å². The molecule has 0 aromatic heterocycles. The van der Waals surface area contributed by atoms with Crippen LogP contribution in [0.5, 0.6) is 0 Å². The molecule has 2 nitrogen and oxygen atoms in total. The maximum Gasteiger partial charge on any atom is 0.254 e. The lowest BCUT2D eigenvalue weighted by Gasteiger charge is -2.19. The summed E-state index contributed by atoms with van der Waals surface area (Å²) in [5, 5.41) is 0. The Morgan fingerprint density at radius 1 is 1.06 bits per heavy atom. The molecule has 17 heavy (non-hydrogen) atoms. The van der Waals surface area contributed by atoms with Gasteiger partial charge in [-0.05, 0) is 26.0 Å². The van der Waals surface area contributed by atoms with Crippen LogP contribution < -0.4 is 0 Å². The smallest absolute Gasteiger partial charge is 0.254 e. The monoisotopic (exact) mass is 229 g/mol. The molecule has 0 unspecified atom stereocenters. The van der Waals surface area contributed by atoms with E-state index in [2.05, 4.69) is 0 Å². The molecule has 0 spiro atoms. The number of rotatable bonds is 5. The molecule has 0 bridgehead atoms. The zero-order valence-corrected chi connectivity index (χ0v) is 10.5. The quantitative estimate of drug-likeness (QED) is 0.709. The van der Waals surface area contributed by atoms with Gasteiger partial charge in [0.05, 0.1) is 0 Å². The maximum absolute atomic E-state index is 12.2. The second-order valence-corrected chi connectivity index (χ2v) is 3.71. The summed E-state index contributed by atoms with van der Waals surface area (Å²) < 4.78 is 0. The molecule has 90 valence electrons. The second-order valence-electron chi connectivity index (χ2n) is 3.71. The first-order valence-electron chi connectivity index (χ1n) is 5.86. The number of carbonyl (C=O) groups is 1. The maximum atomic E-state index is 12.2. The van der Waals surface area contributed by atoms with Gasteiger partial charge in [0.2, 0.25) is 0 Å². The third-order valence-corrected chi connectivity index (χ3v) is 2.43. The van der Waals surface area contributed by atoms with Crippen molar-refractivity contribution in [2.45, 2.75) is 13.8 Å². The van der Waals surface area contributed by atoms with Gasteiger partial charge in [-0.2, -0.15) is 0 Å². The molecule has 0 N–H and O–H groups in total. The predicted molar refractivity (Wildman–Crippen MR) is 72.0 cm³/mol. The molecule has 0 radical (unpaired) electrons. The Morgan fingerprint density at radius 2 is 1.59 bits per heavy atom. The SMILES string of the molecule is CC=CCN(CC=CC)C(=O)c1ccccc1. The summed E-state index contributed by atoms with van der Waals surface area (Å²) in [7, 11) is 0. The molecule has 2 heteroatoms. The van der Waals surface area contributed by atoms with E-state index in [0.29, 0.717) is 13.1 Å². The highest BCUT2D eigenvalue weighted by Crippen LogP contribution is 2.05. The lowest BCUT2D eigenvalue weighted by molar-refractivity contribution is 0.0790. The Balaban J connectivity index is 2.78. The Labute approximate surface area is 103 Å². The highest BCUT2D eigenvalue weighted by atomic mass is 16.2. The van der Waals surface area contributed by atoms with E-state index in [-0.39, 0.29) is 5.91 Å². The molecule has 1 amide bonds. The van der Waals surface area contributed by atoms with Gasteiger partial charge in [0.15, 0.2) is 0 Å². The zero-order chi connectivity index (χ0) is 12.5. The summed E-state index contributed by atoms with van der Waals surface area (Å²) in [6, 6.07) is 9.38. The molecule has 1 rings (SSSR count). The Kier molecular flexibility index (Phi) is 5.80. The lowest BCUT2D eigenvalue weighted by atomic mass is 10.2. The van der Waals surface area contributed by atoms with Crippen LogP contribution in [0, 0.1) is 0 Å². The van der Waals surface area contributed by atoms with Crippen molar-refractivity contribution in [3.63, 3.8) is 0 Å². The summed E-state index contributed by atoms with van der Waals surface area (Å²) in [5.74, 6) is 0.0711. The Bertz CT molecular complexity index is 379. The molecular weight excluding hydrogens is 210 g/mol. The van der Waals surface area contributed by atoms with Gasteiger partial charge in [0.1, 0.15) is 0 Å². The number of carbonyl (C=O) groups excluding carboxylic acids is 1. The van der Waals surface area contributed by atoms with Crippen LogP contribution in [-0.4, -0.2) is 23.9 Å². The fourth-order valence-electron chi connectivity index (χ4n) is 1.47. The minimum absolute atomic E-state index is 0.0711. The number of benzene rings is 1. The van der Waals surface area contributed by atoms with Gasteiger partial charge in [-0.3, -0.25) is 4.79 Å². The van der Waals surface area contributed by atoms with Crippen LogP contribution in [0.15, 0.2) is 54.6 Å².